The lowest BCUT2D eigenvalue weighted by molar-refractivity contribution is 0.0577. The van der Waals surface area contributed by atoms with E-state index in [-0.39, 0.29) is 12.4 Å². The number of aliphatic hydroxyl groups is 1. The van der Waals surface area contributed by atoms with Crippen LogP contribution in [0.1, 0.15) is 17.8 Å². The van der Waals surface area contributed by atoms with Crippen LogP contribution in [0.3, 0.4) is 0 Å². The summed E-state index contributed by atoms with van der Waals surface area (Å²) < 4.78 is 32.7. The van der Waals surface area contributed by atoms with Gasteiger partial charge in [0, 0.05) is 25.2 Å². The van der Waals surface area contributed by atoms with Gasteiger partial charge in [0.1, 0.15) is 23.5 Å². The van der Waals surface area contributed by atoms with Gasteiger partial charge in [-0.15, -0.1) is 11.3 Å². The molecular weight excluding hydrogens is 408 g/mol. The van der Waals surface area contributed by atoms with Crippen LogP contribution in [0, 0.1) is 11.6 Å². The number of benzene rings is 2. The van der Waals surface area contributed by atoms with E-state index in [0.29, 0.717) is 12.6 Å². The Kier molecular flexibility index (Phi) is 6.89. The number of hydrogen-bond acceptors (Lipinski definition) is 6. The van der Waals surface area contributed by atoms with E-state index in [2.05, 4.69) is 21.3 Å². The first-order valence-corrected chi connectivity index (χ1v) is 10.9. The predicted octanol–water partition coefficient (Wildman–Crippen LogP) is 3.57. The Balaban J connectivity index is 1.16. The molecular formula is C22H25F2N3O2S. The van der Waals surface area contributed by atoms with Crippen LogP contribution in [0.4, 0.5) is 8.78 Å². The Hall–Kier alpha value is -2.13. The highest BCUT2D eigenvalue weighted by molar-refractivity contribution is 7.18. The summed E-state index contributed by atoms with van der Waals surface area (Å²) >= 11 is 1.72. The number of β-amino-alcohol motifs (C(OH)–C–C–N with tert-alkyl or cyclic N) is 1. The third kappa shape index (κ3) is 5.51. The molecule has 1 atom stereocenters. The number of ether oxygens (including phenoxy) is 1. The maximum atomic E-state index is 13.2. The van der Waals surface area contributed by atoms with Crippen molar-refractivity contribution in [3.63, 3.8) is 0 Å². The van der Waals surface area contributed by atoms with Crippen molar-refractivity contribution in [2.24, 2.45) is 0 Å². The van der Waals surface area contributed by atoms with E-state index in [1.807, 2.05) is 18.2 Å². The largest absolute Gasteiger partial charge is 0.491 e. The van der Waals surface area contributed by atoms with Gasteiger partial charge in [0.05, 0.1) is 10.2 Å². The second kappa shape index (κ2) is 9.78. The number of thiazole rings is 1. The van der Waals surface area contributed by atoms with Crippen molar-refractivity contribution in [3.05, 3.63) is 59.1 Å². The van der Waals surface area contributed by atoms with E-state index >= 15 is 0 Å². The SMILES string of the molecule is OC(COc1ccc(F)c(F)c1)CN1CCC(NCc2nc3ccccc3s2)CC1. The van der Waals surface area contributed by atoms with Gasteiger partial charge >= 0.3 is 0 Å². The third-order valence-corrected chi connectivity index (χ3v) is 6.31. The lowest BCUT2D eigenvalue weighted by atomic mass is 10.0. The van der Waals surface area contributed by atoms with Crippen LogP contribution in [0.5, 0.6) is 5.75 Å². The topological polar surface area (TPSA) is 57.6 Å². The fourth-order valence-corrected chi connectivity index (χ4v) is 4.57. The van der Waals surface area contributed by atoms with Crippen LogP contribution in [-0.2, 0) is 6.54 Å². The van der Waals surface area contributed by atoms with Crippen molar-refractivity contribution in [3.8, 4) is 5.75 Å². The molecule has 1 aromatic heterocycles. The number of para-hydroxylation sites is 1. The van der Waals surface area contributed by atoms with Crippen molar-refractivity contribution in [1.82, 2.24) is 15.2 Å². The number of fused-ring (bicyclic) bond motifs is 1. The molecule has 2 N–H and O–H groups in total. The predicted molar refractivity (Wildman–Crippen MR) is 114 cm³/mol. The molecule has 2 aromatic carbocycles. The van der Waals surface area contributed by atoms with Crippen LogP contribution in [0.15, 0.2) is 42.5 Å². The van der Waals surface area contributed by atoms with E-state index < -0.39 is 17.7 Å². The molecule has 3 aromatic rings. The highest BCUT2D eigenvalue weighted by atomic mass is 32.1. The minimum absolute atomic E-state index is 0.0425. The van der Waals surface area contributed by atoms with Crippen molar-refractivity contribution >= 4 is 21.6 Å². The van der Waals surface area contributed by atoms with Gasteiger partial charge in [-0.3, -0.25) is 0 Å². The molecule has 1 fully saturated rings. The fourth-order valence-electron chi connectivity index (χ4n) is 3.66. The van der Waals surface area contributed by atoms with Crippen LogP contribution < -0.4 is 10.1 Å². The average Bonchev–Trinajstić information content (AvgIpc) is 3.17. The molecule has 0 aliphatic carbocycles. The number of aromatic nitrogens is 1. The Morgan fingerprint density at radius 3 is 2.73 bits per heavy atom. The minimum Gasteiger partial charge on any atom is -0.491 e. The molecule has 5 nitrogen and oxygen atoms in total. The van der Waals surface area contributed by atoms with Gasteiger partial charge in [0.25, 0.3) is 0 Å². The normalized spacial score (nSPS) is 16.8. The van der Waals surface area contributed by atoms with Gasteiger partial charge in [-0.1, -0.05) is 12.1 Å². The number of nitrogens with one attached hydrogen (secondary N) is 1. The summed E-state index contributed by atoms with van der Waals surface area (Å²) in [5, 5.41) is 14.9. The molecule has 160 valence electrons. The molecule has 0 spiro atoms. The number of piperidine rings is 1. The Morgan fingerprint density at radius 1 is 1.17 bits per heavy atom. The van der Waals surface area contributed by atoms with Gasteiger partial charge in [0.15, 0.2) is 11.6 Å². The summed E-state index contributed by atoms with van der Waals surface area (Å²) in [5.74, 6) is -1.66. The lowest BCUT2D eigenvalue weighted by Gasteiger charge is -2.33. The first kappa shape index (κ1) is 21.1. The molecule has 8 heteroatoms. The summed E-state index contributed by atoms with van der Waals surface area (Å²) in [7, 11) is 0. The van der Waals surface area contributed by atoms with Crippen molar-refractivity contribution in [2.45, 2.75) is 31.5 Å². The summed E-state index contributed by atoms with van der Waals surface area (Å²) in [4.78, 5) is 6.86. The molecule has 0 bridgehead atoms. The molecule has 30 heavy (non-hydrogen) atoms. The smallest absolute Gasteiger partial charge is 0.162 e. The lowest BCUT2D eigenvalue weighted by Crippen LogP contribution is -2.45. The first-order valence-electron chi connectivity index (χ1n) is 10.1. The summed E-state index contributed by atoms with van der Waals surface area (Å²) in [6.07, 6.45) is 1.31. The maximum Gasteiger partial charge on any atom is 0.162 e. The van der Waals surface area contributed by atoms with Crippen LogP contribution >= 0.6 is 11.3 Å². The fraction of sp³-hybridized carbons (Fsp3) is 0.409. The molecule has 1 saturated heterocycles. The highest BCUT2D eigenvalue weighted by Crippen LogP contribution is 2.22. The Bertz CT molecular complexity index is 943. The number of nitrogens with zero attached hydrogens (tertiary/aromatic N) is 2. The van der Waals surface area contributed by atoms with E-state index in [4.69, 9.17) is 4.74 Å². The van der Waals surface area contributed by atoms with Gasteiger partial charge in [-0.05, 0) is 50.2 Å². The van der Waals surface area contributed by atoms with E-state index in [1.54, 1.807) is 11.3 Å². The molecule has 2 heterocycles. The maximum absolute atomic E-state index is 13.2. The summed E-state index contributed by atoms with van der Waals surface area (Å²) in [6, 6.07) is 12.0. The molecule has 0 radical (unpaired) electrons. The number of likely N-dealkylation sites (tertiary alicyclic amines) is 1. The zero-order chi connectivity index (χ0) is 20.9. The Labute approximate surface area is 178 Å². The van der Waals surface area contributed by atoms with Crippen LogP contribution in [0.25, 0.3) is 10.2 Å². The zero-order valence-corrected chi connectivity index (χ0v) is 17.4. The van der Waals surface area contributed by atoms with Crippen molar-refractivity contribution in [2.75, 3.05) is 26.2 Å². The second-order valence-corrected chi connectivity index (χ2v) is 8.69. The van der Waals surface area contributed by atoms with Gasteiger partial charge in [0.2, 0.25) is 0 Å². The monoisotopic (exact) mass is 433 g/mol. The summed E-state index contributed by atoms with van der Waals surface area (Å²) in [6.45, 7) is 3.09. The van der Waals surface area contributed by atoms with Crippen LogP contribution in [-0.4, -0.2) is 53.4 Å². The van der Waals surface area contributed by atoms with E-state index in [9.17, 15) is 13.9 Å². The van der Waals surface area contributed by atoms with Crippen molar-refractivity contribution in [1.29, 1.82) is 0 Å². The highest BCUT2D eigenvalue weighted by Gasteiger charge is 2.21. The molecule has 1 unspecified atom stereocenters. The average molecular weight is 434 g/mol. The number of halogens is 2. The minimum atomic E-state index is -0.956. The molecule has 0 amide bonds. The number of hydrogen-bond donors (Lipinski definition) is 2. The number of aliphatic hydroxyl groups excluding tert-OH is 1. The van der Waals surface area contributed by atoms with Gasteiger partial charge in [-0.2, -0.15) is 0 Å². The van der Waals surface area contributed by atoms with E-state index in [0.717, 1.165) is 55.1 Å². The second-order valence-electron chi connectivity index (χ2n) is 7.57. The molecule has 1 aliphatic heterocycles. The quantitative estimate of drug-likeness (QED) is 0.569. The first-order chi connectivity index (χ1) is 14.6. The molecule has 1 aliphatic rings. The molecule has 4 rings (SSSR count). The number of rotatable bonds is 8. The standard InChI is InChI=1S/C22H25F2N3O2S/c23-18-6-5-17(11-19(18)24)29-14-16(28)13-27-9-7-15(8-10-27)25-12-22-26-20-3-1-2-4-21(20)30-22/h1-6,11,15-16,25,28H,7-10,12-14H2. The van der Waals surface area contributed by atoms with Crippen molar-refractivity contribution < 1.29 is 18.6 Å². The van der Waals surface area contributed by atoms with Crippen LogP contribution in [0.2, 0.25) is 0 Å². The zero-order valence-electron chi connectivity index (χ0n) is 16.6. The third-order valence-electron chi connectivity index (χ3n) is 5.27. The Morgan fingerprint density at radius 2 is 1.97 bits per heavy atom. The van der Waals surface area contributed by atoms with Gasteiger partial charge < -0.3 is 20.1 Å². The summed E-state index contributed by atoms with van der Waals surface area (Å²) in [5.41, 5.74) is 1.05. The molecule has 0 saturated carbocycles. The van der Waals surface area contributed by atoms with E-state index in [1.165, 1.54) is 10.8 Å². The van der Waals surface area contributed by atoms with Gasteiger partial charge in [-0.25, -0.2) is 13.8 Å².